The average Bonchev–Trinajstić information content (AvgIpc) is 2.67. The smallest absolute Gasteiger partial charge is 0.0646 e. The molecule has 2 rings (SSSR count). The summed E-state index contributed by atoms with van der Waals surface area (Å²) in [4.78, 5) is 1.22. The van der Waals surface area contributed by atoms with Gasteiger partial charge in [-0.15, -0.1) is 11.3 Å². The number of rotatable bonds is 2. The molecule has 0 spiro atoms. The Morgan fingerprint density at radius 3 is 2.33 bits per heavy atom. The highest BCUT2D eigenvalue weighted by molar-refractivity contribution is 7.10. The maximum atomic E-state index is 6.21. The highest BCUT2D eigenvalue weighted by Gasteiger charge is 2.10. The van der Waals surface area contributed by atoms with Crippen molar-refractivity contribution in [1.29, 1.82) is 0 Å². The first-order chi connectivity index (χ1) is 7.16. The van der Waals surface area contributed by atoms with Gasteiger partial charge in [0.15, 0.2) is 0 Å². The van der Waals surface area contributed by atoms with E-state index in [-0.39, 0.29) is 6.04 Å². The normalized spacial score (nSPS) is 12.7. The number of hydrogen-bond acceptors (Lipinski definition) is 2. The number of nitrogens with two attached hydrogens (primary N) is 1. The number of benzene rings is 1. The molecule has 1 nitrogen and oxygen atoms in total. The molecule has 0 saturated heterocycles. The third-order valence-corrected chi connectivity index (χ3v) is 3.41. The van der Waals surface area contributed by atoms with Crippen LogP contribution in [0.15, 0.2) is 35.7 Å². The molecule has 1 heterocycles. The highest BCUT2D eigenvalue weighted by Crippen LogP contribution is 2.25. The van der Waals surface area contributed by atoms with Gasteiger partial charge < -0.3 is 5.73 Å². The van der Waals surface area contributed by atoms with E-state index >= 15 is 0 Å². The molecule has 1 unspecified atom stereocenters. The Kier molecular flexibility index (Phi) is 2.89. The summed E-state index contributed by atoms with van der Waals surface area (Å²) >= 11 is 1.71. The topological polar surface area (TPSA) is 26.0 Å². The van der Waals surface area contributed by atoms with Crippen LogP contribution in [0, 0.1) is 13.8 Å². The van der Waals surface area contributed by atoms with Crippen LogP contribution in [-0.4, -0.2) is 0 Å². The van der Waals surface area contributed by atoms with Gasteiger partial charge in [-0.25, -0.2) is 0 Å². The summed E-state index contributed by atoms with van der Waals surface area (Å²) in [5, 5.41) is 2.07. The lowest BCUT2D eigenvalue weighted by Crippen LogP contribution is -2.10. The van der Waals surface area contributed by atoms with Crippen molar-refractivity contribution in [2.24, 2.45) is 5.73 Å². The van der Waals surface area contributed by atoms with Crippen molar-refractivity contribution < 1.29 is 0 Å². The predicted octanol–water partition coefficient (Wildman–Crippen LogP) is 3.41. The summed E-state index contributed by atoms with van der Waals surface area (Å²) in [6.07, 6.45) is 0. The van der Waals surface area contributed by atoms with Gasteiger partial charge in [0.1, 0.15) is 0 Å². The maximum Gasteiger partial charge on any atom is 0.0646 e. The van der Waals surface area contributed by atoms with Crippen LogP contribution in [0.1, 0.15) is 27.6 Å². The predicted molar refractivity (Wildman–Crippen MR) is 66.3 cm³/mol. The molecular formula is C13H15NS. The molecule has 1 aromatic heterocycles. The van der Waals surface area contributed by atoms with E-state index in [2.05, 4.69) is 43.5 Å². The Balaban J connectivity index is 2.37. The SMILES string of the molecule is Cc1cc(C)cc(C(N)c2cccs2)c1. The van der Waals surface area contributed by atoms with Crippen LogP contribution in [0.4, 0.5) is 0 Å². The van der Waals surface area contributed by atoms with Crippen molar-refractivity contribution in [2.45, 2.75) is 19.9 Å². The van der Waals surface area contributed by atoms with Crippen LogP contribution >= 0.6 is 11.3 Å². The number of thiophene rings is 1. The van der Waals surface area contributed by atoms with Crippen LogP contribution in [0.2, 0.25) is 0 Å². The van der Waals surface area contributed by atoms with Gasteiger partial charge in [-0.2, -0.15) is 0 Å². The van der Waals surface area contributed by atoms with Crippen LogP contribution in [-0.2, 0) is 0 Å². The van der Waals surface area contributed by atoms with E-state index in [4.69, 9.17) is 5.73 Å². The lowest BCUT2D eigenvalue weighted by atomic mass is 10.0. The van der Waals surface area contributed by atoms with Crippen LogP contribution in [0.25, 0.3) is 0 Å². The minimum absolute atomic E-state index is 0.0172. The lowest BCUT2D eigenvalue weighted by molar-refractivity contribution is 0.889. The molecule has 1 aromatic carbocycles. The molecule has 0 radical (unpaired) electrons. The van der Waals surface area contributed by atoms with Crippen molar-refractivity contribution in [2.75, 3.05) is 0 Å². The zero-order valence-corrected chi connectivity index (χ0v) is 9.84. The molecule has 1 atom stereocenters. The van der Waals surface area contributed by atoms with Gasteiger partial charge in [-0.05, 0) is 30.9 Å². The van der Waals surface area contributed by atoms with E-state index < -0.39 is 0 Å². The molecule has 2 aromatic rings. The van der Waals surface area contributed by atoms with Crippen LogP contribution in [0.5, 0.6) is 0 Å². The summed E-state index contributed by atoms with van der Waals surface area (Å²) in [6.45, 7) is 4.22. The van der Waals surface area contributed by atoms with E-state index in [0.717, 1.165) is 0 Å². The fraction of sp³-hybridized carbons (Fsp3) is 0.231. The molecule has 0 aliphatic carbocycles. The summed E-state index contributed by atoms with van der Waals surface area (Å²) in [7, 11) is 0. The Labute approximate surface area is 94.6 Å². The first kappa shape index (κ1) is 10.4. The fourth-order valence-electron chi connectivity index (χ4n) is 1.82. The summed E-state index contributed by atoms with van der Waals surface area (Å²) < 4.78 is 0. The first-order valence-electron chi connectivity index (χ1n) is 5.04. The average molecular weight is 217 g/mol. The standard InChI is InChI=1S/C13H15NS/c1-9-6-10(2)8-11(7-9)13(14)12-4-3-5-15-12/h3-8,13H,14H2,1-2H3. The van der Waals surface area contributed by atoms with Crippen molar-refractivity contribution >= 4 is 11.3 Å². The third-order valence-electron chi connectivity index (χ3n) is 2.45. The van der Waals surface area contributed by atoms with Gasteiger partial charge in [-0.3, -0.25) is 0 Å². The van der Waals surface area contributed by atoms with E-state index in [9.17, 15) is 0 Å². The second kappa shape index (κ2) is 4.17. The van der Waals surface area contributed by atoms with Gasteiger partial charge in [0.25, 0.3) is 0 Å². The quantitative estimate of drug-likeness (QED) is 0.819. The molecule has 0 amide bonds. The van der Waals surface area contributed by atoms with Gasteiger partial charge in [0.2, 0.25) is 0 Å². The molecule has 0 aliphatic rings. The van der Waals surface area contributed by atoms with E-state index in [1.54, 1.807) is 11.3 Å². The van der Waals surface area contributed by atoms with E-state index in [0.29, 0.717) is 0 Å². The Morgan fingerprint density at radius 1 is 1.13 bits per heavy atom. The molecule has 15 heavy (non-hydrogen) atoms. The van der Waals surface area contributed by atoms with Gasteiger partial charge in [0, 0.05) is 4.88 Å². The fourth-order valence-corrected chi connectivity index (χ4v) is 2.58. The zero-order valence-electron chi connectivity index (χ0n) is 9.03. The second-order valence-corrected chi connectivity index (χ2v) is 4.89. The number of aryl methyl sites for hydroxylation is 2. The lowest BCUT2D eigenvalue weighted by Gasteiger charge is -2.11. The molecule has 2 N–H and O–H groups in total. The second-order valence-electron chi connectivity index (χ2n) is 3.91. The van der Waals surface area contributed by atoms with Crippen molar-refractivity contribution in [3.05, 3.63) is 57.3 Å². The number of hydrogen-bond donors (Lipinski definition) is 1. The first-order valence-corrected chi connectivity index (χ1v) is 5.92. The molecule has 0 aliphatic heterocycles. The van der Waals surface area contributed by atoms with Crippen molar-refractivity contribution in [3.8, 4) is 0 Å². The van der Waals surface area contributed by atoms with E-state index in [1.165, 1.54) is 21.6 Å². The zero-order chi connectivity index (χ0) is 10.8. The molecular weight excluding hydrogens is 202 g/mol. The molecule has 78 valence electrons. The highest BCUT2D eigenvalue weighted by atomic mass is 32.1. The van der Waals surface area contributed by atoms with E-state index in [1.807, 2.05) is 6.07 Å². The largest absolute Gasteiger partial charge is 0.320 e. The Hall–Kier alpha value is -1.12. The third kappa shape index (κ3) is 2.28. The van der Waals surface area contributed by atoms with Gasteiger partial charge in [0.05, 0.1) is 6.04 Å². The molecule has 0 fully saturated rings. The maximum absolute atomic E-state index is 6.21. The Morgan fingerprint density at radius 2 is 1.80 bits per heavy atom. The molecule has 0 saturated carbocycles. The summed E-state index contributed by atoms with van der Waals surface area (Å²) in [5.74, 6) is 0. The van der Waals surface area contributed by atoms with Crippen molar-refractivity contribution in [1.82, 2.24) is 0 Å². The van der Waals surface area contributed by atoms with Gasteiger partial charge in [-0.1, -0.05) is 35.4 Å². The van der Waals surface area contributed by atoms with Gasteiger partial charge >= 0.3 is 0 Å². The minimum atomic E-state index is 0.0172. The summed E-state index contributed by atoms with van der Waals surface area (Å²) in [6, 6.07) is 10.7. The minimum Gasteiger partial charge on any atom is -0.320 e. The van der Waals surface area contributed by atoms with Crippen molar-refractivity contribution in [3.63, 3.8) is 0 Å². The molecule has 2 heteroatoms. The Bertz CT molecular complexity index is 425. The monoisotopic (exact) mass is 217 g/mol. The summed E-state index contributed by atoms with van der Waals surface area (Å²) in [5.41, 5.74) is 9.96. The van der Waals surface area contributed by atoms with Crippen LogP contribution in [0.3, 0.4) is 0 Å². The molecule has 0 bridgehead atoms. The van der Waals surface area contributed by atoms with Crippen LogP contribution < -0.4 is 5.73 Å².